The van der Waals surface area contributed by atoms with Crippen molar-refractivity contribution < 1.29 is 12.3 Å². The zero-order valence-electron chi connectivity index (χ0n) is 23.3. The lowest BCUT2D eigenvalue weighted by Crippen LogP contribution is -1.78. The van der Waals surface area contributed by atoms with Crippen LogP contribution in [-0.2, 0) is 12.8 Å². The van der Waals surface area contributed by atoms with E-state index in [1.807, 2.05) is 36.4 Å². The van der Waals surface area contributed by atoms with Gasteiger partial charge in [-0.3, -0.25) is 0 Å². The fraction of sp³-hybridized carbons (Fsp3) is 0.250. The molecule has 24 heavy (non-hydrogen) atoms. The van der Waals surface area contributed by atoms with Crippen molar-refractivity contribution in [2.45, 2.75) is 39.4 Å². The van der Waals surface area contributed by atoms with E-state index in [9.17, 15) is 0 Å². The third-order valence-electron chi connectivity index (χ3n) is 2.80. The minimum atomic E-state index is -2.68. The van der Waals surface area contributed by atoms with Crippen LogP contribution in [0, 0.1) is 0 Å². The van der Waals surface area contributed by atoms with Gasteiger partial charge in [0.15, 0.2) is 0 Å². The molecule has 0 radical (unpaired) electrons. The van der Waals surface area contributed by atoms with Gasteiger partial charge < -0.3 is 0 Å². The SMILES string of the molecule is CCCc1ccccc1.[2H]c1c([2H])c([2H])c(C([2H])([2H])C([2H])([2H])C)c([2H])c1[2H].c1ccccc1. The minimum Gasteiger partial charge on any atom is -0.0651 e. The Morgan fingerprint density at radius 1 is 0.708 bits per heavy atom. The zero-order valence-corrected chi connectivity index (χ0v) is 14.3. The Labute approximate surface area is 160 Å². The van der Waals surface area contributed by atoms with Crippen LogP contribution in [0.15, 0.2) is 96.9 Å². The Morgan fingerprint density at radius 2 is 1.21 bits per heavy atom. The Balaban J connectivity index is 0.000000297. The van der Waals surface area contributed by atoms with Crippen molar-refractivity contribution in [1.82, 2.24) is 0 Å². The fourth-order valence-electron chi connectivity index (χ4n) is 1.76. The van der Waals surface area contributed by atoms with Crippen molar-refractivity contribution in [2.75, 3.05) is 0 Å². The van der Waals surface area contributed by atoms with E-state index < -0.39 is 48.5 Å². The predicted molar refractivity (Wildman–Crippen MR) is 107 cm³/mol. The smallest absolute Gasteiger partial charge is 0.0626 e. The van der Waals surface area contributed by atoms with Crippen LogP contribution in [-0.4, -0.2) is 0 Å². The molecule has 3 aromatic carbocycles. The standard InChI is InChI=1S/2C9H12.C6H6/c2*1-2-6-9-7-4-3-5-8-9;1-2-4-6-5-3-1/h2*3-5,7-8H,2,6H2,1H3;1-6H/i2D2,3D,4D,5D,6D2,7D,8D;;. The van der Waals surface area contributed by atoms with Crippen LogP contribution in [0.2, 0.25) is 0 Å². The van der Waals surface area contributed by atoms with Crippen LogP contribution in [0.1, 0.15) is 50.1 Å². The Bertz CT molecular complexity index is 927. The molecule has 0 aromatic heterocycles. The van der Waals surface area contributed by atoms with Crippen molar-refractivity contribution in [3.63, 3.8) is 0 Å². The number of aryl methyl sites for hydroxylation is 1. The van der Waals surface area contributed by atoms with Crippen LogP contribution in [0.4, 0.5) is 0 Å². The number of benzene rings is 3. The molecular formula is C24H30. The van der Waals surface area contributed by atoms with Crippen LogP contribution in [0.5, 0.6) is 0 Å². The minimum absolute atomic E-state index is 0.624. The molecule has 0 nitrogen and oxygen atoms in total. The van der Waals surface area contributed by atoms with E-state index in [0.717, 1.165) is 6.92 Å². The molecule has 0 bridgehead atoms. The van der Waals surface area contributed by atoms with E-state index >= 15 is 0 Å². The maximum atomic E-state index is 7.69. The Morgan fingerprint density at radius 3 is 1.67 bits per heavy atom. The second-order valence-corrected chi connectivity index (χ2v) is 4.77. The first kappa shape index (κ1) is 9.84. The van der Waals surface area contributed by atoms with Gasteiger partial charge in [0.05, 0.1) is 6.85 Å². The van der Waals surface area contributed by atoms with E-state index in [-0.39, 0.29) is 0 Å². The summed E-state index contributed by atoms with van der Waals surface area (Å²) in [6, 6.07) is 19.2. The zero-order chi connectivity index (χ0) is 25.2. The van der Waals surface area contributed by atoms with Crippen molar-refractivity contribution in [3.8, 4) is 0 Å². The molecule has 0 N–H and O–H groups in total. The molecule has 0 heterocycles. The summed E-state index contributed by atoms with van der Waals surface area (Å²) in [5.74, 6) is 0. The lowest BCUT2D eigenvalue weighted by Gasteiger charge is -1.93. The van der Waals surface area contributed by atoms with Crippen LogP contribution in [0.25, 0.3) is 0 Å². The average molecular weight is 328 g/mol. The average Bonchev–Trinajstić information content (AvgIpc) is 2.78. The fourth-order valence-corrected chi connectivity index (χ4v) is 1.76. The molecule has 0 spiro atoms. The Kier molecular flexibility index (Phi) is 5.85. The summed E-state index contributed by atoms with van der Waals surface area (Å²) in [7, 11) is 0. The van der Waals surface area contributed by atoms with Gasteiger partial charge in [0.1, 0.15) is 0 Å². The van der Waals surface area contributed by atoms with Gasteiger partial charge in [-0.25, -0.2) is 0 Å². The first-order valence-corrected chi connectivity index (χ1v) is 7.97. The molecule has 0 aliphatic heterocycles. The molecule has 0 atom stereocenters. The quantitative estimate of drug-likeness (QED) is 0.485. The summed E-state index contributed by atoms with van der Waals surface area (Å²) < 4.78 is 67.6. The van der Waals surface area contributed by atoms with Crippen molar-refractivity contribution in [1.29, 1.82) is 0 Å². The molecule has 0 saturated heterocycles. The molecule has 126 valence electrons. The van der Waals surface area contributed by atoms with Crippen molar-refractivity contribution in [2.24, 2.45) is 0 Å². The molecule has 0 amide bonds. The van der Waals surface area contributed by atoms with Gasteiger partial charge in [0, 0.05) is 5.48 Å². The molecule has 0 aliphatic carbocycles. The summed E-state index contributed by atoms with van der Waals surface area (Å²) in [5, 5.41) is 0. The highest BCUT2D eigenvalue weighted by molar-refractivity contribution is 5.15. The van der Waals surface area contributed by atoms with Crippen LogP contribution < -0.4 is 0 Å². The monoisotopic (exact) mass is 327 g/mol. The first-order valence-electron chi connectivity index (χ1n) is 12.5. The molecule has 0 aliphatic rings. The molecular weight excluding hydrogens is 288 g/mol. The number of hydrogen-bond acceptors (Lipinski definition) is 0. The molecule has 0 heteroatoms. The van der Waals surface area contributed by atoms with Gasteiger partial charge in [0.2, 0.25) is 0 Å². The highest BCUT2D eigenvalue weighted by atomic mass is 13.9. The highest BCUT2D eigenvalue weighted by Crippen LogP contribution is 2.01. The normalized spacial score (nSPS) is 15.7. The van der Waals surface area contributed by atoms with E-state index in [4.69, 9.17) is 12.3 Å². The second kappa shape index (κ2) is 14.3. The maximum absolute atomic E-state index is 7.69. The maximum Gasteiger partial charge on any atom is 0.0626 e. The molecule has 0 saturated carbocycles. The van der Waals surface area contributed by atoms with Gasteiger partial charge in [-0.05, 0) is 23.9 Å². The second-order valence-electron chi connectivity index (χ2n) is 4.77. The summed E-state index contributed by atoms with van der Waals surface area (Å²) >= 11 is 0. The predicted octanol–water partition coefficient (Wildman–Crippen LogP) is 6.96. The third kappa shape index (κ3) is 10.4. The summed E-state index contributed by atoms with van der Waals surface area (Å²) in [6.07, 6.45) is -2.60. The van der Waals surface area contributed by atoms with E-state index in [1.54, 1.807) is 0 Å². The van der Waals surface area contributed by atoms with E-state index in [2.05, 4.69) is 37.3 Å². The molecule has 3 rings (SSSR count). The number of rotatable bonds is 4. The largest absolute Gasteiger partial charge is 0.0651 e. The molecule has 3 aromatic rings. The van der Waals surface area contributed by atoms with E-state index in [0.29, 0.717) is 0 Å². The first-order chi connectivity index (χ1) is 15.4. The van der Waals surface area contributed by atoms with Gasteiger partial charge >= 0.3 is 0 Å². The number of hydrogen-bond donors (Lipinski definition) is 0. The van der Waals surface area contributed by atoms with Gasteiger partial charge in [0.25, 0.3) is 0 Å². The summed E-state index contributed by atoms with van der Waals surface area (Å²) in [4.78, 5) is 0. The lowest BCUT2D eigenvalue weighted by atomic mass is 10.1. The van der Waals surface area contributed by atoms with Crippen LogP contribution in [0.3, 0.4) is 0 Å². The van der Waals surface area contributed by atoms with Crippen molar-refractivity contribution in [3.05, 3.63) is 108 Å². The lowest BCUT2D eigenvalue weighted by molar-refractivity contribution is 0.922. The van der Waals surface area contributed by atoms with Gasteiger partial charge in [-0.15, -0.1) is 0 Å². The summed E-state index contributed by atoms with van der Waals surface area (Å²) in [6.45, 7) is 3.17. The third-order valence-corrected chi connectivity index (χ3v) is 2.80. The van der Waals surface area contributed by atoms with E-state index in [1.165, 1.54) is 18.4 Å². The highest BCUT2D eigenvalue weighted by Gasteiger charge is 1.85. The van der Waals surface area contributed by atoms with Gasteiger partial charge in [-0.2, -0.15) is 0 Å². The molecule has 0 unspecified atom stereocenters. The van der Waals surface area contributed by atoms with Crippen LogP contribution >= 0.6 is 0 Å². The Hall–Kier alpha value is -2.34. The topological polar surface area (TPSA) is 0 Å². The molecule has 0 fully saturated rings. The summed E-state index contributed by atoms with van der Waals surface area (Å²) in [5.41, 5.74) is 0.793. The van der Waals surface area contributed by atoms with Crippen molar-refractivity contribution >= 4 is 0 Å². The van der Waals surface area contributed by atoms with Gasteiger partial charge in [-0.1, -0.05) is 124 Å².